The Bertz CT molecular complexity index is 853. The number of ether oxygens (including phenoxy) is 2. The van der Waals surface area contributed by atoms with Crippen molar-refractivity contribution in [1.29, 1.82) is 0 Å². The van der Waals surface area contributed by atoms with Crippen LogP contribution in [-0.2, 0) is 19.1 Å². The van der Waals surface area contributed by atoms with Crippen LogP contribution in [0.1, 0.15) is 252 Å². The molecule has 56 heavy (non-hydrogen) atoms. The monoisotopic (exact) mass is 809 g/mol. The first-order valence-electron chi connectivity index (χ1n) is 24.6. The van der Waals surface area contributed by atoms with E-state index in [2.05, 4.69) is 30.6 Å². The summed E-state index contributed by atoms with van der Waals surface area (Å²) in [5.41, 5.74) is 0. The molecule has 0 fully saturated rings. The van der Waals surface area contributed by atoms with Crippen LogP contribution in [0.3, 0.4) is 0 Å². The summed E-state index contributed by atoms with van der Waals surface area (Å²) >= 11 is 5.52. The fourth-order valence-corrected chi connectivity index (χ4v) is 7.71. The number of nitrogens with zero attached hydrogens (tertiary/aromatic N) is 2. The van der Waals surface area contributed by atoms with Gasteiger partial charge in [-0.3, -0.25) is 9.59 Å². The molecule has 0 aromatic rings. The van der Waals surface area contributed by atoms with Gasteiger partial charge in [0, 0.05) is 26.9 Å². The summed E-state index contributed by atoms with van der Waals surface area (Å²) in [4.78, 5) is 30.7. The van der Waals surface area contributed by atoms with Crippen LogP contribution in [0.4, 0.5) is 0 Å². The molecule has 0 heterocycles. The molecule has 0 aliphatic heterocycles. The number of unbranched alkanes of at least 4 members (excludes halogenated alkanes) is 25. The van der Waals surface area contributed by atoms with Gasteiger partial charge in [-0.25, -0.2) is 0 Å². The Labute approximate surface area is 355 Å². The van der Waals surface area contributed by atoms with Gasteiger partial charge in [-0.1, -0.05) is 174 Å². The SMILES string of the molecule is CCCCCCCCCOC(=O)CCCCCCCN(CCCCCCCC(=O)OC(CCCCCCCC)CCCCCCCC)CCCCC(=S)N(C)C. The molecule has 0 N–H and O–H groups in total. The van der Waals surface area contributed by atoms with E-state index in [0.717, 1.165) is 82.4 Å². The summed E-state index contributed by atoms with van der Waals surface area (Å²) in [6.45, 7) is 10.8. The molecule has 0 aliphatic rings. The Kier molecular flexibility index (Phi) is 42.4. The second-order valence-electron chi connectivity index (χ2n) is 17.2. The quantitative estimate of drug-likeness (QED) is 0.0345. The maximum absolute atomic E-state index is 12.8. The lowest BCUT2D eigenvalue weighted by atomic mass is 10.0. The van der Waals surface area contributed by atoms with Crippen molar-refractivity contribution >= 4 is 29.1 Å². The molecule has 0 aliphatic carbocycles. The van der Waals surface area contributed by atoms with E-state index in [-0.39, 0.29) is 18.0 Å². The highest BCUT2D eigenvalue weighted by Crippen LogP contribution is 2.19. The highest BCUT2D eigenvalue weighted by Gasteiger charge is 2.14. The average molecular weight is 809 g/mol. The van der Waals surface area contributed by atoms with Gasteiger partial charge in [0.1, 0.15) is 6.10 Å². The Balaban J connectivity index is 4.35. The number of rotatable bonds is 44. The molecule has 0 aromatic heterocycles. The van der Waals surface area contributed by atoms with Crippen molar-refractivity contribution < 1.29 is 19.1 Å². The minimum absolute atomic E-state index is 0.0120. The molecule has 6 nitrogen and oxygen atoms in total. The second kappa shape index (κ2) is 43.4. The third-order valence-electron chi connectivity index (χ3n) is 11.4. The summed E-state index contributed by atoms with van der Waals surface area (Å²) in [5, 5.41) is 0. The van der Waals surface area contributed by atoms with Crippen LogP contribution < -0.4 is 0 Å². The molecular formula is C49H96N2O4S. The molecule has 7 heteroatoms. The predicted molar refractivity (Wildman–Crippen MR) is 247 cm³/mol. The van der Waals surface area contributed by atoms with Gasteiger partial charge in [-0.2, -0.15) is 0 Å². The van der Waals surface area contributed by atoms with Crippen LogP contribution in [0.2, 0.25) is 0 Å². The molecule has 0 rings (SSSR count). The zero-order valence-electron chi connectivity index (χ0n) is 38.3. The van der Waals surface area contributed by atoms with Gasteiger partial charge in [0.2, 0.25) is 0 Å². The maximum Gasteiger partial charge on any atom is 0.306 e. The van der Waals surface area contributed by atoms with Gasteiger partial charge in [0.15, 0.2) is 0 Å². The van der Waals surface area contributed by atoms with Gasteiger partial charge < -0.3 is 19.3 Å². The molecule has 0 spiro atoms. The zero-order valence-corrected chi connectivity index (χ0v) is 39.1. The number of carbonyl (C=O) groups is 2. The normalized spacial score (nSPS) is 11.5. The smallest absolute Gasteiger partial charge is 0.306 e. The minimum atomic E-state index is -0.0120. The largest absolute Gasteiger partial charge is 0.466 e. The Hall–Kier alpha value is -1.21. The van der Waals surface area contributed by atoms with Crippen molar-refractivity contribution in [2.45, 2.75) is 258 Å². The molecule has 0 saturated heterocycles. The molecule has 0 unspecified atom stereocenters. The lowest BCUT2D eigenvalue weighted by molar-refractivity contribution is -0.150. The topological polar surface area (TPSA) is 59.1 Å². The Morgan fingerprint density at radius 2 is 0.804 bits per heavy atom. The van der Waals surface area contributed by atoms with E-state index in [9.17, 15) is 9.59 Å². The van der Waals surface area contributed by atoms with E-state index >= 15 is 0 Å². The molecule has 0 radical (unpaired) electrons. The van der Waals surface area contributed by atoms with E-state index in [4.69, 9.17) is 21.7 Å². The Morgan fingerprint density at radius 1 is 0.446 bits per heavy atom. The molecular weight excluding hydrogens is 713 g/mol. The first kappa shape index (κ1) is 54.8. The number of carbonyl (C=O) groups excluding carboxylic acids is 2. The van der Waals surface area contributed by atoms with E-state index in [0.29, 0.717) is 19.4 Å². The van der Waals surface area contributed by atoms with Crippen molar-refractivity contribution in [2.24, 2.45) is 0 Å². The van der Waals surface area contributed by atoms with E-state index in [1.54, 1.807) is 0 Å². The fraction of sp³-hybridized carbons (Fsp3) is 0.939. The molecule has 0 aromatic carbocycles. The first-order chi connectivity index (χ1) is 27.3. The van der Waals surface area contributed by atoms with Crippen molar-refractivity contribution in [3.05, 3.63) is 0 Å². The van der Waals surface area contributed by atoms with Crippen LogP contribution in [0.5, 0.6) is 0 Å². The highest BCUT2D eigenvalue weighted by atomic mass is 32.1. The van der Waals surface area contributed by atoms with E-state index in [1.807, 2.05) is 14.1 Å². The fourth-order valence-electron chi connectivity index (χ4n) is 7.57. The highest BCUT2D eigenvalue weighted by molar-refractivity contribution is 7.80. The standard InChI is InChI=1S/C49H96N2O4S/c1-6-9-12-15-18-27-36-45-54-48(52)40-30-23-19-25-33-42-51(44-35-32-39-47(56)50(4)5)43-34-26-20-24-31-41-49(53)55-46(37-28-21-16-13-10-7-2)38-29-22-17-14-11-8-3/h46H,6-45H2,1-5H3. The summed E-state index contributed by atoms with van der Waals surface area (Å²) < 4.78 is 11.5. The second-order valence-corrected chi connectivity index (χ2v) is 17.7. The maximum atomic E-state index is 12.8. The number of hydrogen-bond donors (Lipinski definition) is 0. The third kappa shape index (κ3) is 39.6. The van der Waals surface area contributed by atoms with Crippen LogP contribution in [0.15, 0.2) is 0 Å². The molecule has 0 amide bonds. The van der Waals surface area contributed by atoms with Crippen LogP contribution in [0.25, 0.3) is 0 Å². The lowest BCUT2D eigenvalue weighted by Crippen LogP contribution is -2.27. The van der Waals surface area contributed by atoms with Gasteiger partial charge in [-0.05, 0) is 96.7 Å². The molecule has 0 bridgehead atoms. The lowest BCUT2D eigenvalue weighted by Gasteiger charge is -2.23. The molecule has 0 saturated carbocycles. The van der Waals surface area contributed by atoms with Crippen molar-refractivity contribution in [1.82, 2.24) is 9.80 Å². The van der Waals surface area contributed by atoms with E-state index in [1.165, 1.54) is 161 Å². The van der Waals surface area contributed by atoms with Gasteiger partial charge in [-0.15, -0.1) is 0 Å². The number of hydrogen-bond acceptors (Lipinski definition) is 6. The van der Waals surface area contributed by atoms with E-state index < -0.39 is 0 Å². The third-order valence-corrected chi connectivity index (χ3v) is 12.0. The van der Waals surface area contributed by atoms with Crippen molar-refractivity contribution in [2.75, 3.05) is 40.3 Å². The van der Waals surface area contributed by atoms with Crippen LogP contribution >= 0.6 is 12.2 Å². The van der Waals surface area contributed by atoms with Gasteiger partial charge in [0.25, 0.3) is 0 Å². The Morgan fingerprint density at radius 3 is 1.27 bits per heavy atom. The van der Waals surface area contributed by atoms with Crippen molar-refractivity contribution in [3.63, 3.8) is 0 Å². The summed E-state index contributed by atoms with van der Waals surface area (Å²) in [7, 11) is 4.09. The summed E-state index contributed by atoms with van der Waals surface area (Å²) in [6, 6.07) is 0. The zero-order chi connectivity index (χ0) is 41.2. The molecule has 0 atom stereocenters. The average Bonchev–Trinajstić information content (AvgIpc) is 3.18. The van der Waals surface area contributed by atoms with Crippen LogP contribution in [-0.4, -0.2) is 73.2 Å². The summed E-state index contributed by atoms with van der Waals surface area (Å²) in [6.07, 6.45) is 42.3. The minimum Gasteiger partial charge on any atom is -0.466 e. The number of thiocarbonyl (C=S) groups is 1. The van der Waals surface area contributed by atoms with Crippen LogP contribution in [0, 0.1) is 0 Å². The molecule has 332 valence electrons. The first-order valence-corrected chi connectivity index (χ1v) is 25.0. The van der Waals surface area contributed by atoms with Gasteiger partial charge in [0.05, 0.1) is 11.6 Å². The number of esters is 2. The summed E-state index contributed by atoms with van der Waals surface area (Å²) in [5.74, 6) is 0.0210. The predicted octanol–water partition coefficient (Wildman–Crippen LogP) is 14.7. The van der Waals surface area contributed by atoms with Gasteiger partial charge >= 0.3 is 11.9 Å². The van der Waals surface area contributed by atoms with Crippen molar-refractivity contribution in [3.8, 4) is 0 Å².